The highest BCUT2D eigenvalue weighted by atomic mass is 15.2. The lowest BCUT2D eigenvalue weighted by atomic mass is 9.33. The van der Waals surface area contributed by atoms with Gasteiger partial charge in [0.2, 0.25) is 0 Å². The molecule has 0 saturated heterocycles. The van der Waals surface area contributed by atoms with Gasteiger partial charge in [0.05, 0.1) is 1.37 Å². The van der Waals surface area contributed by atoms with Crippen molar-refractivity contribution < 1.29 is 1.37 Å². The van der Waals surface area contributed by atoms with Gasteiger partial charge >= 0.3 is 0 Å². The number of fused-ring (bicyclic) bond motifs is 4. The van der Waals surface area contributed by atoms with Gasteiger partial charge in [-0.2, -0.15) is 0 Å². The second-order valence-electron chi connectivity index (χ2n) is 11.7. The Hall–Kier alpha value is -5.80. The Bertz CT molecular complexity index is 2180. The Labute approximate surface area is 266 Å². The Morgan fingerprint density at radius 3 is 1.36 bits per heavy atom. The maximum Gasteiger partial charge on any atom is 0.252 e. The maximum absolute atomic E-state index is 9.14. The van der Waals surface area contributed by atoms with Gasteiger partial charge in [-0.3, -0.25) is 0 Å². The highest BCUT2D eigenvalue weighted by Gasteiger charge is 2.42. The summed E-state index contributed by atoms with van der Waals surface area (Å²) in [6.45, 7) is 0.0418. The standard InChI is InChI=1S/C42H29BN2/c1-4-15-30(16-5-1)32-27-33(31-17-6-2-7-18-31)29-35(28-32)45-39-24-13-11-22-37(39)43-36-21-10-12-23-38(36)44(34-19-8-3-9-20-34)40-25-14-26-41(45)42(40)43/h1-29H/i14D. The summed E-state index contributed by atoms with van der Waals surface area (Å²) < 4.78 is 9.14. The van der Waals surface area contributed by atoms with Crippen molar-refractivity contribution in [3.8, 4) is 22.3 Å². The van der Waals surface area contributed by atoms with Crippen molar-refractivity contribution in [2.75, 3.05) is 9.80 Å². The van der Waals surface area contributed by atoms with E-state index in [1.165, 1.54) is 27.5 Å². The van der Waals surface area contributed by atoms with Crippen LogP contribution in [0.3, 0.4) is 0 Å². The lowest BCUT2D eigenvalue weighted by Gasteiger charge is -2.44. The van der Waals surface area contributed by atoms with Crippen LogP contribution in [0, 0.1) is 0 Å². The summed E-state index contributed by atoms with van der Waals surface area (Å²) in [6.07, 6.45) is 0. The van der Waals surface area contributed by atoms with Gasteiger partial charge in [0, 0.05) is 34.1 Å². The molecule has 0 N–H and O–H groups in total. The van der Waals surface area contributed by atoms with E-state index < -0.39 is 0 Å². The molecule has 0 saturated carbocycles. The van der Waals surface area contributed by atoms with Crippen molar-refractivity contribution in [2.24, 2.45) is 0 Å². The van der Waals surface area contributed by atoms with Crippen LogP contribution in [-0.2, 0) is 0 Å². The number of anilines is 6. The van der Waals surface area contributed by atoms with E-state index in [2.05, 4.69) is 174 Å². The fraction of sp³-hybridized carbons (Fsp3) is 0. The fourth-order valence-electron chi connectivity index (χ4n) is 7.23. The number of hydrogen-bond donors (Lipinski definition) is 0. The molecule has 2 aliphatic rings. The minimum absolute atomic E-state index is 0.0418. The molecule has 0 aromatic heterocycles. The van der Waals surface area contributed by atoms with Crippen molar-refractivity contribution in [3.63, 3.8) is 0 Å². The van der Waals surface area contributed by atoms with E-state index in [1.54, 1.807) is 0 Å². The average Bonchev–Trinajstić information content (AvgIpc) is 3.12. The van der Waals surface area contributed by atoms with E-state index in [-0.39, 0.29) is 6.71 Å². The summed E-state index contributed by atoms with van der Waals surface area (Å²) in [6, 6.07) is 60.8. The van der Waals surface area contributed by atoms with Gasteiger partial charge in [0.15, 0.2) is 0 Å². The summed E-state index contributed by atoms with van der Waals surface area (Å²) in [5, 5.41) is 0. The van der Waals surface area contributed by atoms with Crippen LogP contribution >= 0.6 is 0 Å². The van der Waals surface area contributed by atoms with Gasteiger partial charge in [0.1, 0.15) is 0 Å². The largest absolute Gasteiger partial charge is 0.311 e. The Balaban J connectivity index is 1.35. The Morgan fingerprint density at radius 2 is 0.822 bits per heavy atom. The molecular weight excluding hydrogens is 543 g/mol. The van der Waals surface area contributed by atoms with Gasteiger partial charge in [-0.25, -0.2) is 0 Å². The van der Waals surface area contributed by atoms with Crippen molar-refractivity contribution in [2.45, 2.75) is 0 Å². The predicted octanol–water partition coefficient (Wildman–Crippen LogP) is 9.10. The summed E-state index contributed by atoms with van der Waals surface area (Å²) >= 11 is 0. The van der Waals surface area contributed by atoms with Crippen LogP contribution in [0.1, 0.15) is 1.37 Å². The highest BCUT2D eigenvalue weighted by Crippen LogP contribution is 2.45. The molecule has 0 atom stereocenters. The zero-order valence-electron chi connectivity index (χ0n) is 25.6. The van der Waals surface area contributed by atoms with Crippen molar-refractivity contribution in [1.82, 2.24) is 0 Å². The fourth-order valence-corrected chi connectivity index (χ4v) is 7.23. The molecule has 7 aromatic rings. The van der Waals surface area contributed by atoms with Crippen molar-refractivity contribution in [1.29, 1.82) is 0 Å². The summed E-state index contributed by atoms with van der Waals surface area (Å²) in [4.78, 5) is 4.73. The predicted molar refractivity (Wildman–Crippen MR) is 191 cm³/mol. The number of para-hydroxylation sites is 3. The lowest BCUT2D eigenvalue weighted by molar-refractivity contribution is 1.25. The molecule has 0 spiro atoms. The van der Waals surface area contributed by atoms with Crippen LogP contribution in [0.2, 0.25) is 0 Å². The van der Waals surface area contributed by atoms with Crippen LogP contribution in [0.15, 0.2) is 176 Å². The van der Waals surface area contributed by atoms with Gasteiger partial charge in [0.25, 0.3) is 6.71 Å². The van der Waals surface area contributed by atoms with Crippen LogP contribution < -0.4 is 26.2 Å². The van der Waals surface area contributed by atoms with E-state index in [4.69, 9.17) is 1.37 Å². The third-order valence-corrected chi connectivity index (χ3v) is 9.14. The average molecular weight is 574 g/mol. The third kappa shape index (κ3) is 4.12. The first kappa shape index (κ1) is 24.6. The smallest absolute Gasteiger partial charge is 0.252 e. The monoisotopic (exact) mass is 573 g/mol. The van der Waals surface area contributed by atoms with Gasteiger partial charge < -0.3 is 9.80 Å². The van der Waals surface area contributed by atoms with Crippen LogP contribution in [0.5, 0.6) is 0 Å². The molecule has 45 heavy (non-hydrogen) atoms. The van der Waals surface area contributed by atoms with Crippen molar-refractivity contribution in [3.05, 3.63) is 176 Å². The first-order chi connectivity index (χ1) is 22.7. The van der Waals surface area contributed by atoms with E-state index in [1.807, 2.05) is 6.07 Å². The van der Waals surface area contributed by atoms with Crippen LogP contribution in [0.4, 0.5) is 34.1 Å². The minimum atomic E-state index is 0.0418. The molecule has 210 valence electrons. The molecule has 9 rings (SSSR count). The third-order valence-electron chi connectivity index (χ3n) is 9.14. The van der Waals surface area contributed by atoms with Gasteiger partial charge in [-0.1, -0.05) is 121 Å². The molecule has 0 aliphatic carbocycles. The molecule has 0 bridgehead atoms. The quantitative estimate of drug-likeness (QED) is 0.194. The topological polar surface area (TPSA) is 6.48 Å². The first-order valence-electron chi connectivity index (χ1n) is 16.0. The molecule has 0 radical (unpaired) electrons. The summed E-state index contributed by atoms with van der Waals surface area (Å²) in [5.74, 6) is 0. The first-order valence-corrected chi connectivity index (χ1v) is 15.5. The SMILES string of the molecule is [2H]c1cc2c3c(c1)N(c1cc(-c4ccccc4)cc(-c4ccccc4)c1)c1ccccc1B3c1ccccc1N2c1ccccc1. The lowest BCUT2D eigenvalue weighted by Crippen LogP contribution is -2.61. The second kappa shape index (κ2) is 10.4. The van der Waals surface area contributed by atoms with Crippen LogP contribution in [0.25, 0.3) is 22.3 Å². The minimum Gasteiger partial charge on any atom is -0.311 e. The van der Waals surface area contributed by atoms with E-state index in [9.17, 15) is 0 Å². The van der Waals surface area contributed by atoms with Crippen molar-refractivity contribution >= 4 is 57.2 Å². The van der Waals surface area contributed by atoms with Gasteiger partial charge in [-0.15, -0.1) is 0 Å². The molecule has 3 heteroatoms. The molecule has 2 aliphatic heterocycles. The molecule has 7 aromatic carbocycles. The molecule has 0 amide bonds. The van der Waals surface area contributed by atoms with Crippen LogP contribution in [-0.4, -0.2) is 6.71 Å². The molecule has 2 nitrogen and oxygen atoms in total. The molecule has 0 unspecified atom stereocenters. The number of benzene rings is 7. The van der Waals surface area contributed by atoms with E-state index in [0.717, 1.165) is 45.3 Å². The molecular formula is C42H29BN2. The molecule has 0 fully saturated rings. The number of nitrogens with zero attached hydrogens (tertiary/aromatic N) is 2. The normalized spacial score (nSPS) is 13.1. The maximum atomic E-state index is 9.14. The zero-order valence-corrected chi connectivity index (χ0v) is 24.6. The van der Waals surface area contributed by atoms with E-state index in [0.29, 0.717) is 6.04 Å². The molecule has 2 heterocycles. The number of hydrogen-bond acceptors (Lipinski definition) is 2. The second-order valence-corrected chi connectivity index (χ2v) is 11.7. The Morgan fingerprint density at radius 1 is 0.378 bits per heavy atom. The Kier molecular flexibility index (Phi) is 5.71. The summed E-state index contributed by atoms with van der Waals surface area (Å²) in [5.41, 5.74) is 15.0. The van der Waals surface area contributed by atoms with Gasteiger partial charge in [-0.05, 0) is 93.2 Å². The summed E-state index contributed by atoms with van der Waals surface area (Å²) in [7, 11) is 0. The number of rotatable bonds is 4. The highest BCUT2D eigenvalue weighted by molar-refractivity contribution is 7.00. The van der Waals surface area contributed by atoms with E-state index >= 15 is 0 Å². The zero-order chi connectivity index (χ0) is 30.6.